The van der Waals surface area contributed by atoms with Crippen LogP contribution in [0.1, 0.15) is 50.5 Å². The van der Waals surface area contributed by atoms with Crippen LogP contribution in [-0.2, 0) is 20.6 Å². The van der Waals surface area contributed by atoms with Gasteiger partial charge in [0.1, 0.15) is 48.5 Å². The van der Waals surface area contributed by atoms with Gasteiger partial charge in [-0.15, -0.1) is 0 Å². The third kappa shape index (κ3) is 7.32. The van der Waals surface area contributed by atoms with E-state index in [-0.39, 0.29) is 6.61 Å². The van der Waals surface area contributed by atoms with Crippen LogP contribution in [0, 0.1) is 0 Å². The molecule has 1 saturated heterocycles. The molecule has 1 aliphatic heterocycles. The largest absolute Gasteiger partial charge is 0.508 e. The lowest BCUT2D eigenvalue weighted by molar-refractivity contribution is -0.233. The summed E-state index contributed by atoms with van der Waals surface area (Å²) in [5, 5.41) is 32.0. The molecule has 0 aliphatic carbocycles. The van der Waals surface area contributed by atoms with E-state index in [4.69, 9.17) is 30.5 Å². The molecule has 5 atom stereocenters. The summed E-state index contributed by atoms with van der Waals surface area (Å²) in [4.78, 5) is 11.9. The number of hydrogen-bond donors (Lipinski definition) is 3. The lowest BCUT2D eigenvalue weighted by atomic mass is 9.90. The fraction of sp³-hybridized carbons (Fsp3) is 0.500. The fourth-order valence-corrected chi connectivity index (χ4v) is 3.98. The number of rotatable bonds is 7. The molecule has 35 heavy (non-hydrogen) atoms. The van der Waals surface area contributed by atoms with E-state index >= 15 is 0 Å². The fourth-order valence-electron chi connectivity index (χ4n) is 3.79. The number of carbonyl (C=O) groups excluding carboxylic acids is 1. The van der Waals surface area contributed by atoms with Gasteiger partial charge in [-0.3, -0.25) is 0 Å². The van der Waals surface area contributed by atoms with Crippen LogP contribution in [0.4, 0.5) is 4.79 Å². The molecule has 0 unspecified atom stereocenters. The highest BCUT2D eigenvalue weighted by molar-refractivity contribution is 6.31. The molecule has 9 heteroatoms. The van der Waals surface area contributed by atoms with Gasteiger partial charge in [-0.1, -0.05) is 35.9 Å². The maximum atomic E-state index is 11.9. The molecule has 192 valence electrons. The summed E-state index contributed by atoms with van der Waals surface area (Å²) in [5.74, 6) is 0.780. The summed E-state index contributed by atoms with van der Waals surface area (Å²) < 4.78 is 21.5. The minimum Gasteiger partial charge on any atom is -0.494 e. The number of aliphatic hydroxyl groups is 3. The first-order chi connectivity index (χ1) is 16.5. The highest BCUT2D eigenvalue weighted by atomic mass is 35.5. The zero-order valence-corrected chi connectivity index (χ0v) is 21.1. The molecule has 0 spiro atoms. The van der Waals surface area contributed by atoms with Crippen molar-refractivity contribution in [2.45, 2.75) is 70.2 Å². The van der Waals surface area contributed by atoms with Gasteiger partial charge in [0.15, 0.2) is 0 Å². The second-order valence-electron chi connectivity index (χ2n) is 9.45. The van der Waals surface area contributed by atoms with Crippen molar-refractivity contribution in [2.75, 3.05) is 13.2 Å². The first-order valence-corrected chi connectivity index (χ1v) is 11.9. The Balaban J connectivity index is 1.75. The van der Waals surface area contributed by atoms with Gasteiger partial charge >= 0.3 is 6.16 Å². The molecule has 2 aromatic carbocycles. The summed E-state index contributed by atoms with van der Waals surface area (Å²) in [6.07, 6.45) is -6.81. The lowest BCUT2D eigenvalue weighted by Crippen LogP contribution is -2.55. The van der Waals surface area contributed by atoms with E-state index in [1.807, 2.05) is 31.2 Å². The average Bonchev–Trinajstić information content (AvgIpc) is 2.79. The van der Waals surface area contributed by atoms with E-state index in [0.29, 0.717) is 23.6 Å². The number of aliphatic hydroxyl groups excluding tert-OH is 3. The first-order valence-electron chi connectivity index (χ1n) is 11.5. The molecule has 1 heterocycles. The van der Waals surface area contributed by atoms with Crippen LogP contribution in [0.3, 0.4) is 0 Å². The Labute approximate surface area is 210 Å². The molecule has 0 aromatic heterocycles. The summed E-state index contributed by atoms with van der Waals surface area (Å²) in [6, 6.07) is 12.8. The number of ether oxygens (including phenoxy) is 4. The Morgan fingerprint density at radius 3 is 2.34 bits per heavy atom. The van der Waals surface area contributed by atoms with Gasteiger partial charge in [-0.25, -0.2) is 4.79 Å². The monoisotopic (exact) mass is 508 g/mol. The van der Waals surface area contributed by atoms with Crippen LogP contribution < -0.4 is 4.74 Å². The molecule has 3 N–H and O–H groups in total. The molecule has 1 fully saturated rings. The van der Waals surface area contributed by atoms with Gasteiger partial charge < -0.3 is 34.3 Å². The smallest absolute Gasteiger partial charge is 0.494 e. The Morgan fingerprint density at radius 2 is 1.71 bits per heavy atom. The number of benzene rings is 2. The Kier molecular flexibility index (Phi) is 9.01. The SMILES string of the molecule is CCOc1ccc(Cc2cc([C@@H]3O[C@H](COC(=O)OC(C)(C)C)[C@@H](O)[C@H](O)[C@H]3O)ccc2Cl)cc1. The van der Waals surface area contributed by atoms with Crippen LogP contribution >= 0.6 is 11.6 Å². The molecule has 0 amide bonds. The third-order valence-electron chi connectivity index (χ3n) is 5.49. The van der Waals surface area contributed by atoms with Crippen LogP contribution in [-0.4, -0.2) is 64.7 Å². The van der Waals surface area contributed by atoms with Crippen molar-refractivity contribution in [2.24, 2.45) is 0 Å². The summed E-state index contributed by atoms with van der Waals surface area (Å²) >= 11 is 6.43. The van der Waals surface area contributed by atoms with Crippen molar-refractivity contribution >= 4 is 17.8 Å². The first kappa shape index (κ1) is 27.2. The van der Waals surface area contributed by atoms with E-state index in [1.54, 1.807) is 39.0 Å². The average molecular weight is 509 g/mol. The van der Waals surface area contributed by atoms with E-state index in [9.17, 15) is 20.1 Å². The minimum atomic E-state index is -1.51. The lowest BCUT2D eigenvalue weighted by Gasteiger charge is -2.40. The van der Waals surface area contributed by atoms with Gasteiger partial charge in [0.05, 0.1) is 6.61 Å². The molecule has 0 bridgehead atoms. The van der Waals surface area contributed by atoms with Crippen LogP contribution in [0.2, 0.25) is 5.02 Å². The quantitative estimate of drug-likeness (QED) is 0.484. The van der Waals surface area contributed by atoms with Crippen molar-refractivity contribution in [3.05, 3.63) is 64.2 Å². The highest BCUT2D eigenvalue weighted by Crippen LogP contribution is 2.35. The summed E-state index contributed by atoms with van der Waals surface area (Å²) in [5.41, 5.74) is 1.63. The van der Waals surface area contributed by atoms with E-state index in [1.165, 1.54) is 0 Å². The Morgan fingerprint density at radius 1 is 1.03 bits per heavy atom. The van der Waals surface area contributed by atoms with Crippen molar-refractivity contribution < 1.29 is 39.1 Å². The van der Waals surface area contributed by atoms with Crippen molar-refractivity contribution in [1.29, 1.82) is 0 Å². The van der Waals surface area contributed by atoms with E-state index in [2.05, 4.69) is 0 Å². The molecular formula is C26H33ClO8. The van der Waals surface area contributed by atoms with Crippen LogP contribution in [0.25, 0.3) is 0 Å². The molecule has 1 aliphatic rings. The molecule has 3 rings (SSSR count). The van der Waals surface area contributed by atoms with E-state index in [0.717, 1.165) is 16.9 Å². The molecule has 8 nitrogen and oxygen atoms in total. The van der Waals surface area contributed by atoms with Gasteiger partial charge in [0.2, 0.25) is 0 Å². The summed E-state index contributed by atoms with van der Waals surface area (Å²) in [7, 11) is 0. The number of halogens is 1. The predicted molar refractivity (Wildman–Crippen MR) is 130 cm³/mol. The minimum absolute atomic E-state index is 0.358. The number of carbonyl (C=O) groups is 1. The van der Waals surface area contributed by atoms with Gasteiger partial charge in [0.25, 0.3) is 0 Å². The topological polar surface area (TPSA) is 115 Å². The van der Waals surface area contributed by atoms with Crippen molar-refractivity contribution in [3.63, 3.8) is 0 Å². The van der Waals surface area contributed by atoms with Gasteiger partial charge in [-0.05, 0) is 69.0 Å². The maximum absolute atomic E-state index is 11.9. The van der Waals surface area contributed by atoms with Gasteiger partial charge in [0, 0.05) is 5.02 Å². The Bertz CT molecular complexity index is 988. The second-order valence-corrected chi connectivity index (χ2v) is 9.85. The predicted octanol–water partition coefficient (Wildman–Crippen LogP) is 3.80. The zero-order valence-electron chi connectivity index (χ0n) is 20.3. The van der Waals surface area contributed by atoms with Crippen LogP contribution in [0.15, 0.2) is 42.5 Å². The third-order valence-corrected chi connectivity index (χ3v) is 5.86. The molecule has 2 aromatic rings. The van der Waals surface area contributed by atoms with Crippen LogP contribution in [0.5, 0.6) is 5.75 Å². The normalized spacial score (nSPS) is 24.6. The molecule has 0 radical (unpaired) electrons. The highest BCUT2D eigenvalue weighted by Gasteiger charge is 2.45. The van der Waals surface area contributed by atoms with Gasteiger partial charge in [-0.2, -0.15) is 0 Å². The second kappa shape index (κ2) is 11.6. The summed E-state index contributed by atoms with van der Waals surface area (Å²) in [6.45, 7) is 7.24. The van der Waals surface area contributed by atoms with E-state index < -0.39 is 42.3 Å². The standard InChI is InChI=1S/C26H33ClO8/c1-5-32-18-9-6-15(7-10-18)12-17-13-16(8-11-19(17)27)24-23(30)22(29)21(28)20(34-24)14-33-25(31)35-26(2,3)4/h6-11,13,20-24,28-30H,5,12,14H2,1-4H3/t20-,21-,22+,23-,24+/m1/s1. The van der Waals surface area contributed by atoms with Crippen molar-refractivity contribution in [3.8, 4) is 5.75 Å². The molecule has 0 saturated carbocycles. The maximum Gasteiger partial charge on any atom is 0.508 e. The number of hydrogen-bond acceptors (Lipinski definition) is 8. The molecular weight excluding hydrogens is 476 g/mol. The Hall–Kier alpha value is -2.36. The zero-order chi connectivity index (χ0) is 25.8. The van der Waals surface area contributed by atoms with Crippen molar-refractivity contribution in [1.82, 2.24) is 0 Å².